The Bertz CT molecular complexity index is 3100. The van der Waals surface area contributed by atoms with Crippen molar-refractivity contribution in [3.8, 4) is 0 Å². The molecule has 39 heteroatoms. The van der Waals surface area contributed by atoms with E-state index in [0.717, 1.165) is 19.3 Å². The van der Waals surface area contributed by atoms with Crippen molar-refractivity contribution in [3.63, 3.8) is 0 Å². The van der Waals surface area contributed by atoms with Crippen molar-refractivity contribution in [3.05, 3.63) is 35.9 Å². The van der Waals surface area contributed by atoms with Crippen LogP contribution in [0, 0.1) is 11.8 Å². The summed E-state index contributed by atoms with van der Waals surface area (Å²) in [6, 6.07) is -6.19. The number of carbonyl (C=O) groups is 14. The number of thiol groups is 2. The molecule has 1 aromatic rings. The maximum absolute atomic E-state index is 14.5. The van der Waals surface area contributed by atoms with E-state index in [-0.39, 0.29) is 100 Å². The van der Waals surface area contributed by atoms with E-state index in [1.807, 2.05) is 0 Å². The summed E-state index contributed by atoms with van der Waals surface area (Å²) >= 11 is 8.39. The summed E-state index contributed by atoms with van der Waals surface area (Å²) in [5.41, 5.74) is 44.7. The summed E-state index contributed by atoms with van der Waals surface area (Å²) in [4.78, 5) is 203. The van der Waals surface area contributed by atoms with Crippen LogP contribution < -0.4 is 99.0 Å². The first-order valence-corrected chi connectivity index (χ1v) is 35.0. The maximum Gasteiger partial charge on any atom is 0.305 e. The van der Waals surface area contributed by atoms with Crippen molar-refractivity contribution in [1.29, 1.82) is 0 Å². The number of nitrogens with one attached hydrogen (secondary N) is 10. The Morgan fingerprint density at radius 2 is 0.941 bits per heavy atom. The van der Waals surface area contributed by atoms with Gasteiger partial charge in [-0.1, -0.05) is 90.1 Å². The van der Waals surface area contributed by atoms with Gasteiger partial charge in [0, 0.05) is 43.6 Å². The minimum atomic E-state index is -1.94. The van der Waals surface area contributed by atoms with Gasteiger partial charge in [-0.05, 0) is 75.7 Å². The first-order valence-electron chi connectivity index (χ1n) is 33.7. The predicted octanol–water partition coefficient (Wildman–Crippen LogP) is -6.14. The van der Waals surface area contributed by atoms with Crippen LogP contribution in [0.25, 0.3) is 0 Å². The lowest BCUT2D eigenvalue weighted by molar-refractivity contribution is -0.146. The average molecular weight is 1480 g/mol. The van der Waals surface area contributed by atoms with E-state index in [0.29, 0.717) is 24.8 Å². The van der Waals surface area contributed by atoms with Crippen LogP contribution in [-0.4, -0.2) is 221 Å². The molecule has 0 radical (unpaired) electrons. The van der Waals surface area contributed by atoms with E-state index in [1.165, 1.54) is 11.8 Å². The van der Waals surface area contributed by atoms with Crippen molar-refractivity contribution >= 4 is 126 Å². The Morgan fingerprint density at radius 1 is 0.510 bits per heavy atom. The molecule has 37 nitrogen and oxygen atoms in total. The summed E-state index contributed by atoms with van der Waals surface area (Å²) in [7, 11) is 0. The number of aliphatic carboxylic acids is 1. The number of rotatable bonds is 47. The Balaban J connectivity index is 2.39. The van der Waals surface area contributed by atoms with Crippen LogP contribution in [0.15, 0.2) is 45.3 Å². The molecule has 0 aromatic heterocycles. The fourth-order valence-electron chi connectivity index (χ4n) is 10.6. The van der Waals surface area contributed by atoms with E-state index < -0.39 is 180 Å². The van der Waals surface area contributed by atoms with Gasteiger partial charge in [0.15, 0.2) is 17.9 Å². The van der Waals surface area contributed by atoms with Crippen LogP contribution in [0.3, 0.4) is 0 Å². The number of ketones is 1. The third-order valence-electron chi connectivity index (χ3n) is 16.7. The highest BCUT2D eigenvalue weighted by atomic mass is 32.1. The van der Waals surface area contributed by atoms with E-state index >= 15 is 0 Å². The summed E-state index contributed by atoms with van der Waals surface area (Å²) in [6.07, 6.45) is 3.04. The second-order valence-electron chi connectivity index (χ2n) is 24.7. The summed E-state index contributed by atoms with van der Waals surface area (Å²) in [5.74, 6) is -16.4. The fourth-order valence-corrected chi connectivity index (χ4v) is 11.1. The fraction of sp³-hybridized carbons (Fsp3) is 0.635. The molecule has 27 N–H and O–H groups in total. The van der Waals surface area contributed by atoms with Crippen LogP contribution in [0.5, 0.6) is 0 Å². The molecule has 0 unspecified atom stereocenters. The Labute approximate surface area is 603 Å². The Hall–Kier alpha value is -9.53. The average Bonchev–Trinajstić information content (AvgIpc) is 0.827. The molecular weight excluding hydrogens is 1370 g/mol. The molecule has 1 aliphatic rings. The lowest BCUT2D eigenvalue weighted by atomic mass is 9.92. The van der Waals surface area contributed by atoms with Crippen molar-refractivity contribution in [2.24, 2.45) is 72.7 Å². The number of Topliss-reactive ketones (excluding diaryl/α,β-unsaturated/α-hetero) is 1. The Morgan fingerprint density at radius 3 is 1.41 bits per heavy atom. The molecule has 0 saturated heterocycles. The van der Waals surface area contributed by atoms with Gasteiger partial charge in [0.05, 0.1) is 25.6 Å². The zero-order chi connectivity index (χ0) is 76.8. The second kappa shape index (κ2) is 46.8. The van der Waals surface area contributed by atoms with Crippen LogP contribution in [0.4, 0.5) is 0 Å². The van der Waals surface area contributed by atoms with Crippen LogP contribution in [-0.2, 0) is 73.5 Å². The van der Waals surface area contributed by atoms with Gasteiger partial charge in [0.2, 0.25) is 70.8 Å². The first kappa shape index (κ1) is 88.6. The van der Waals surface area contributed by atoms with E-state index in [2.05, 4.69) is 93.4 Å². The monoisotopic (exact) mass is 1470 g/mol. The molecule has 1 fully saturated rings. The third-order valence-corrected chi connectivity index (χ3v) is 17.5. The number of nitrogens with two attached hydrogens (primary N) is 8. The molecule has 570 valence electrons. The molecule has 0 spiro atoms. The number of hydrogen-bond acceptors (Lipinski definition) is 20. The standard InChI is InChI=1S/C63H106N22O15S2/c1-6-33(3)48(58(98)79-41(27-36-17-10-8-11-18-36)56(96)81-43(31-101)50(90)51(65)91)84-55(95)40(23-16-26-74-63(70)71)78-57(97)42(28-47(88)89)80-59(99)49(34(4)7-2)83-54(94)39(22-15-25-73-62(68)69)77-46(87)30-75-45(86)29-76-52(92)35(5)85(37-19-12-9-13-20-37)60(100)44(32-102)82-53(93)38(64)21-14-24-72-61(66)67/h8,10-11,17-18,33-35,37-44,48-49,101-102H,6-7,9,12-16,19-32,64H2,1-5H3,(H2,65,91)(H,75,86)(H,76,92)(H,77,87)(H,78,97)(H,79,98)(H,80,99)(H,81,96)(H,82,93)(H,83,94)(H,84,95)(H,88,89)(H4,66,67,72)(H4,68,69,73)(H4,70,71,74)/t33-,34-,35-,38-,39-,40-,41-,42-,43-,44-,48-,49-/m0/s1. The summed E-state index contributed by atoms with van der Waals surface area (Å²) in [5, 5.41) is 35.2. The van der Waals surface area contributed by atoms with Gasteiger partial charge in [-0.2, -0.15) is 25.3 Å². The van der Waals surface area contributed by atoms with Crippen molar-refractivity contribution in [2.45, 2.75) is 197 Å². The quantitative estimate of drug-likeness (QED) is 0.00949. The minimum absolute atomic E-state index is 0.00796. The number of aliphatic imine (C=N–C) groups is 3. The van der Waals surface area contributed by atoms with Gasteiger partial charge in [-0.3, -0.25) is 82.1 Å². The highest BCUT2D eigenvalue weighted by molar-refractivity contribution is 7.80. The maximum atomic E-state index is 14.5. The predicted molar refractivity (Wildman–Crippen MR) is 386 cm³/mol. The summed E-state index contributed by atoms with van der Waals surface area (Å²) in [6.45, 7) is 6.72. The van der Waals surface area contributed by atoms with Crippen molar-refractivity contribution in [1.82, 2.24) is 58.1 Å². The number of carboxylic acids is 1. The largest absolute Gasteiger partial charge is 0.481 e. The molecule has 2 rings (SSSR count). The number of primary amides is 1. The van der Waals surface area contributed by atoms with Gasteiger partial charge in [0.1, 0.15) is 54.4 Å². The molecule has 0 bridgehead atoms. The van der Waals surface area contributed by atoms with Gasteiger partial charge in [0.25, 0.3) is 5.91 Å². The smallest absolute Gasteiger partial charge is 0.305 e. The zero-order valence-corrected chi connectivity index (χ0v) is 60.2. The number of carboxylic acid groups (broad SMARTS) is 1. The third kappa shape index (κ3) is 32.4. The molecule has 0 aliphatic heterocycles. The topological polar surface area (TPSA) is 628 Å². The second-order valence-corrected chi connectivity index (χ2v) is 25.4. The molecule has 12 amide bonds. The van der Waals surface area contributed by atoms with Gasteiger partial charge >= 0.3 is 5.97 Å². The van der Waals surface area contributed by atoms with Crippen LogP contribution in [0.1, 0.15) is 130 Å². The molecule has 1 aliphatic carbocycles. The number of amides is 12. The molecule has 12 atom stereocenters. The normalized spacial score (nSPS) is 15.5. The number of hydrogen-bond donors (Lipinski definition) is 21. The summed E-state index contributed by atoms with van der Waals surface area (Å²) < 4.78 is 0. The van der Waals surface area contributed by atoms with E-state index in [9.17, 15) is 72.2 Å². The lowest BCUT2D eigenvalue weighted by Gasteiger charge is -2.39. The van der Waals surface area contributed by atoms with Crippen molar-refractivity contribution < 1.29 is 72.2 Å². The van der Waals surface area contributed by atoms with Gasteiger partial charge in [-0.15, -0.1) is 0 Å². The van der Waals surface area contributed by atoms with E-state index in [1.54, 1.807) is 58.0 Å². The minimum Gasteiger partial charge on any atom is -0.481 e. The number of benzene rings is 1. The molecule has 102 heavy (non-hydrogen) atoms. The van der Waals surface area contributed by atoms with Crippen molar-refractivity contribution in [2.75, 3.05) is 44.2 Å². The highest BCUT2D eigenvalue weighted by Gasteiger charge is 2.40. The molecular formula is C63H106N22O15S2. The first-order chi connectivity index (χ1) is 48.2. The molecule has 1 saturated carbocycles. The highest BCUT2D eigenvalue weighted by Crippen LogP contribution is 2.26. The number of carbonyl (C=O) groups excluding carboxylic acids is 13. The van der Waals surface area contributed by atoms with Crippen LogP contribution in [0.2, 0.25) is 0 Å². The molecule has 0 heterocycles. The van der Waals surface area contributed by atoms with Gasteiger partial charge < -0.3 is 109 Å². The zero-order valence-electron chi connectivity index (χ0n) is 58.4. The molecule has 1 aromatic carbocycles. The Kier molecular flexibility index (Phi) is 40.6. The SMILES string of the molecule is CC[C@H](C)[C@H](NC(=O)[C@H](CCCN=C(N)N)NC(=O)CNC(=O)CNC(=O)[C@H](C)N(C(=O)[C@H](CS)NC(=O)[C@@H](N)CCCN=C(N)N)C1CCCCC1)C(=O)N[C@@H](CC(=O)O)C(=O)N[C@@H](CCCN=C(N)N)C(=O)N[C@H](C(=O)N[C@@H](Cc1ccccc1)C(=O)N[C@@H](CS)C(=O)C(N)=O)[C@@H](C)CC. The number of nitrogens with zero attached hydrogens (tertiary/aromatic N) is 4. The van der Waals surface area contributed by atoms with E-state index in [4.69, 9.17) is 45.9 Å². The van der Waals surface area contributed by atoms with Gasteiger partial charge in [-0.25, -0.2) is 0 Å². The van der Waals surface area contributed by atoms with Crippen LogP contribution >= 0.6 is 25.3 Å². The lowest BCUT2D eigenvalue weighted by Crippen LogP contribution is -2.61. The number of guanidine groups is 3.